The van der Waals surface area contributed by atoms with E-state index in [-0.39, 0.29) is 0 Å². The Balaban J connectivity index is 0. The molecule has 0 aliphatic carbocycles. The van der Waals surface area contributed by atoms with Gasteiger partial charge in [-0.1, -0.05) is 27.4 Å². The van der Waals surface area contributed by atoms with Gasteiger partial charge in [-0.15, -0.1) is 0 Å². The van der Waals surface area contributed by atoms with E-state index in [9.17, 15) is 0 Å². The molecule has 0 amide bonds. The van der Waals surface area contributed by atoms with Gasteiger partial charge in [0.05, 0.1) is 6.07 Å². The van der Waals surface area contributed by atoms with E-state index in [0.29, 0.717) is 5.57 Å². The topological polar surface area (TPSA) is 23.8 Å². The molecule has 0 atom stereocenters. The van der Waals surface area contributed by atoms with Crippen LogP contribution < -0.4 is 0 Å². The fourth-order valence-electron chi connectivity index (χ4n) is 0.0791. The summed E-state index contributed by atoms with van der Waals surface area (Å²) in [5.74, 6) is 0. The monoisotopic (exact) mass is 111 g/mol. The van der Waals surface area contributed by atoms with Crippen LogP contribution in [0.15, 0.2) is 12.2 Å². The molecule has 0 bridgehead atoms. The van der Waals surface area contributed by atoms with Crippen molar-refractivity contribution in [1.82, 2.24) is 0 Å². The van der Waals surface area contributed by atoms with Crippen LogP contribution in [0.5, 0.6) is 0 Å². The highest BCUT2D eigenvalue weighted by atomic mass is 14.2. The van der Waals surface area contributed by atoms with Crippen molar-refractivity contribution in [3.8, 4) is 6.07 Å². The smallest absolute Gasteiger partial charge is 0.0940 e. The van der Waals surface area contributed by atoms with E-state index in [0.717, 1.165) is 6.42 Å². The van der Waals surface area contributed by atoms with Crippen molar-refractivity contribution >= 4 is 0 Å². The predicted octanol–water partition coefficient (Wildman–Crippen LogP) is 2.50. The molecule has 1 heteroatoms. The second-order valence-electron chi connectivity index (χ2n) is 1.07. The summed E-state index contributed by atoms with van der Waals surface area (Å²) in [7, 11) is 0. The second-order valence-corrected chi connectivity index (χ2v) is 1.07. The maximum absolute atomic E-state index is 7.99. The molecule has 0 radical (unpaired) electrons. The van der Waals surface area contributed by atoms with E-state index in [1.54, 1.807) is 0 Å². The quantitative estimate of drug-likeness (QED) is 0.477. The Morgan fingerprint density at radius 2 is 2.00 bits per heavy atom. The third-order valence-electron chi connectivity index (χ3n) is 0.585. The number of allylic oxidation sites excluding steroid dienone is 1. The van der Waals surface area contributed by atoms with Gasteiger partial charge in [0.1, 0.15) is 0 Å². The third-order valence-corrected chi connectivity index (χ3v) is 0.585. The molecule has 8 heavy (non-hydrogen) atoms. The van der Waals surface area contributed by atoms with Crippen molar-refractivity contribution in [2.24, 2.45) is 0 Å². The summed E-state index contributed by atoms with van der Waals surface area (Å²) in [6, 6.07) is 1.92. The van der Waals surface area contributed by atoms with E-state index in [1.807, 2.05) is 26.8 Å². The standard InChI is InChI=1S/C5H7N.C2H6/c1-3-5(2)4-6;1-2/h2-3H2,1H3;1-2H3. The van der Waals surface area contributed by atoms with Crippen LogP contribution in [0.3, 0.4) is 0 Å². The predicted molar refractivity (Wildman–Crippen MR) is 36.4 cm³/mol. The van der Waals surface area contributed by atoms with Crippen LogP contribution in [-0.2, 0) is 0 Å². The van der Waals surface area contributed by atoms with Crippen molar-refractivity contribution in [2.45, 2.75) is 27.2 Å². The van der Waals surface area contributed by atoms with Gasteiger partial charge in [-0.2, -0.15) is 5.26 Å². The van der Waals surface area contributed by atoms with Crippen LogP contribution in [0, 0.1) is 11.3 Å². The molecule has 0 aromatic carbocycles. The van der Waals surface area contributed by atoms with Gasteiger partial charge in [0.25, 0.3) is 0 Å². The Hall–Kier alpha value is -0.770. The number of nitrogens with zero attached hydrogens (tertiary/aromatic N) is 1. The van der Waals surface area contributed by atoms with Crippen molar-refractivity contribution in [1.29, 1.82) is 5.26 Å². The molecule has 0 aromatic rings. The summed E-state index contributed by atoms with van der Waals surface area (Å²) < 4.78 is 0. The van der Waals surface area contributed by atoms with Crippen LogP contribution in [-0.4, -0.2) is 0 Å². The first kappa shape index (κ1) is 10.3. The summed E-state index contributed by atoms with van der Waals surface area (Å²) in [6.45, 7) is 9.34. The largest absolute Gasteiger partial charge is 0.193 e. The van der Waals surface area contributed by atoms with E-state index >= 15 is 0 Å². The highest BCUT2D eigenvalue weighted by Crippen LogP contribution is 1.89. The van der Waals surface area contributed by atoms with Crippen molar-refractivity contribution in [2.75, 3.05) is 0 Å². The van der Waals surface area contributed by atoms with Gasteiger partial charge >= 0.3 is 0 Å². The lowest BCUT2D eigenvalue weighted by Crippen LogP contribution is -1.64. The van der Waals surface area contributed by atoms with Gasteiger partial charge < -0.3 is 0 Å². The van der Waals surface area contributed by atoms with Gasteiger partial charge in [0, 0.05) is 5.57 Å². The summed E-state index contributed by atoms with van der Waals surface area (Å²) in [5, 5.41) is 7.99. The Labute approximate surface area is 51.6 Å². The fraction of sp³-hybridized carbons (Fsp3) is 0.571. The Morgan fingerprint density at radius 3 is 2.00 bits per heavy atom. The molecule has 0 aliphatic rings. The van der Waals surface area contributed by atoms with Crippen LogP contribution in [0.25, 0.3) is 0 Å². The zero-order chi connectivity index (χ0) is 6.99. The van der Waals surface area contributed by atoms with Crippen LogP contribution in [0.4, 0.5) is 0 Å². The van der Waals surface area contributed by atoms with Crippen LogP contribution in [0.1, 0.15) is 27.2 Å². The lowest BCUT2D eigenvalue weighted by Gasteiger charge is -1.76. The van der Waals surface area contributed by atoms with E-state index in [1.165, 1.54) is 0 Å². The zero-order valence-electron chi connectivity index (χ0n) is 5.86. The molecule has 0 saturated heterocycles. The Kier molecular flexibility index (Phi) is 12.2. The number of hydrogen-bond acceptors (Lipinski definition) is 1. The molecule has 0 unspecified atom stereocenters. The molecule has 0 heterocycles. The first-order valence-corrected chi connectivity index (χ1v) is 2.89. The van der Waals surface area contributed by atoms with Gasteiger partial charge in [0.2, 0.25) is 0 Å². The molecule has 0 aliphatic heterocycles. The minimum Gasteiger partial charge on any atom is -0.193 e. The fourth-order valence-corrected chi connectivity index (χ4v) is 0.0791. The molecule has 46 valence electrons. The molecular formula is C7H13N. The lowest BCUT2D eigenvalue weighted by atomic mass is 10.3. The molecule has 1 nitrogen and oxygen atoms in total. The maximum Gasteiger partial charge on any atom is 0.0940 e. The number of nitriles is 1. The minimum absolute atomic E-state index is 0.648. The number of hydrogen-bond donors (Lipinski definition) is 0. The molecule has 0 saturated carbocycles. The van der Waals surface area contributed by atoms with Gasteiger partial charge in [-0.25, -0.2) is 0 Å². The van der Waals surface area contributed by atoms with E-state index in [4.69, 9.17) is 5.26 Å². The first-order chi connectivity index (χ1) is 3.81. The lowest BCUT2D eigenvalue weighted by molar-refractivity contribution is 1.16. The molecular weight excluding hydrogens is 98.1 g/mol. The molecule has 0 aromatic heterocycles. The minimum atomic E-state index is 0.648. The molecule has 0 N–H and O–H groups in total. The van der Waals surface area contributed by atoms with E-state index < -0.39 is 0 Å². The zero-order valence-corrected chi connectivity index (χ0v) is 5.86. The second kappa shape index (κ2) is 9.52. The highest BCUT2D eigenvalue weighted by Gasteiger charge is 1.77. The van der Waals surface area contributed by atoms with Crippen molar-refractivity contribution in [3.63, 3.8) is 0 Å². The van der Waals surface area contributed by atoms with Gasteiger partial charge in [-0.05, 0) is 6.42 Å². The van der Waals surface area contributed by atoms with Crippen LogP contribution in [0.2, 0.25) is 0 Å². The summed E-state index contributed by atoms with van der Waals surface area (Å²) >= 11 is 0. The number of rotatable bonds is 1. The third kappa shape index (κ3) is 8.97. The van der Waals surface area contributed by atoms with Crippen molar-refractivity contribution in [3.05, 3.63) is 12.2 Å². The summed E-state index contributed by atoms with van der Waals surface area (Å²) in [5.41, 5.74) is 0.648. The average molecular weight is 111 g/mol. The van der Waals surface area contributed by atoms with Gasteiger partial charge in [0.15, 0.2) is 0 Å². The first-order valence-electron chi connectivity index (χ1n) is 2.89. The Morgan fingerprint density at radius 1 is 1.62 bits per heavy atom. The maximum atomic E-state index is 7.99. The van der Waals surface area contributed by atoms with Crippen molar-refractivity contribution < 1.29 is 0 Å². The summed E-state index contributed by atoms with van der Waals surface area (Å²) in [4.78, 5) is 0. The molecule has 0 rings (SSSR count). The normalized spacial score (nSPS) is 5.75. The molecule has 0 spiro atoms. The SMILES string of the molecule is C=C(C#N)CC.CC. The average Bonchev–Trinajstić information content (AvgIpc) is 1.91. The molecule has 0 fully saturated rings. The van der Waals surface area contributed by atoms with Crippen LogP contribution >= 0.6 is 0 Å². The highest BCUT2D eigenvalue weighted by molar-refractivity contribution is 5.14. The van der Waals surface area contributed by atoms with E-state index in [2.05, 4.69) is 6.58 Å². The summed E-state index contributed by atoms with van der Waals surface area (Å²) in [6.07, 6.45) is 0.774. The Bertz CT molecular complexity index is 87.1. The van der Waals surface area contributed by atoms with Gasteiger partial charge in [-0.3, -0.25) is 0 Å².